The summed E-state index contributed by atoms with van der Waals surface area (Å²) >= 11 is 0. The number of carbonyl (C=O) groups excluding carboxylic acids is 1. The van der Waals surface area contributed by atoms with Gasteiger partial charge in [-0.2, -0.15) is 0 Å². The fourth-order valence-electron chi connectivity index (χ4n) is 3.45. The topological polar surface area (TPSA) is 50.8 Å². The van der Waals surface area contributed by atoms with E-state index in [0.29, 0.717) is 24.5 Å². The van der Waals surface area contributed by atoms with E-state index in [2.05, 4.69) is 5.32 Å². The second-order valence-electron chi connectivity index (χ2n) is 5.88. The van der Waals surface area contributed by atoms with E-state index in [4.69, 9.17) is 9.47 Å². The second-order valence-corrected chi connectivity index (χ2v) is 5.88. The Labute approximate surface area is 114 Å². The highest BCUT2D eigenvalue weighted by atomic mass is 16.5. The monoisotopic (exact) mass is 268 g/mol. The lowest BCUT2D eigenvalue weighted by Crippen LogP contribution is -2.31. The van der Waals surface area contributed by atoms with Crippen molar-refractivity contribution in [3.05, 3.63) is 0 Å². The zero-order chi connectivity index (χ0) is 13.1. The van der Waals surface area contributed by atoms with E-state index in [1.54, 1.807) is 0 Å². The number of fused-ring (bicyclic) bond motifs is 1. The molecule has 0 aromatic carbocycles. The number of amides is 1. The van der Waals surface area contributed by atoms with Crippen LogP contribution in [0.5, 0.6) is 0 Å². The number of likely N-dealkylation sites (tertiary alicyclic amines) is 1. The summed E-state index contributed by atoms with van der Waals surface area (Å²) < 4.78 is 11.3. The van der Waals surface area contributed by atoms with Gasteiger partial charge in [-0.25, -0.2) is 0 Å². The molecule has 0 aromatic heterocycles. The van der Waals surface area contributed by atoms with Gasteiger partial charge in [0, 0.05) is 38.7 Å². The molecule has 3 aliphatic heterocycles. The molecule has 3 rings (SSSR count). The number of ether oxygens (including phenoxy) is 2. The molecule has 3 heterocycles. The van der Waals surface area contributed by atoms with E-state index in [1.807, 2.05) is 4.90 Å². The average molecular weight is 268 g/mol. The third-order valence-electron chi connectivity index (χ3n) is 4.65. The van der Waals surface area contributed by atoms with Crippen LogP contribution in [-0.2, 0) is 14.3 Å². The predicted molar refractivity (Wildman–Crippen MR) is 70.8 cm³/mol. The summed E-state index contributed by atoms with van der Waals surface area (Å²) in [6.07, 6.45) is 3.70. The summed E-state index contributed by atoms with van der Waals surface area (Å²) in [4.78, 5) is 13.7. The fourth-order valence-corrected chi connectivity index (χ4v) is 3.45. The highest BCUT2D eigenvalue weighted by Gasteiger charge is 2.39. The lowest BCUT2D eigenvalue weighted by molar-refractivity contribution is -0.135. The van der Waals surface area contributed by atoms with Crippen molar-refractivity contribution in [1.29, 1.82) is 0 Å². The van der Waals surface area contributed by atoms with Crippen molar-refractivity contribution in [2.75, 3.05) is 46.0 Å². The molecule has 0 spiro atoms. The SMILES string of the molecule is O=C(COCC[C@@H]1CO[C@@H]2CNC[C@H]12)N1CCCC1. The van der Waals surface area contributed by atoms with Crippen molar-refractivity contribution in [2.45, 2.75) is 25.4 Å². The Balaban J connectivity index is 1.31. The Kier molecular flexibility index (Phi) is 4.35. The molecule has 0 aliphatic carbocycles. The van der Waals surface area contributed by atoms with Crippen LogP contribution in [0.2, 0.25) is 0 Å². The molecule has 3 atom stereocenters. The van der Waals surface area contributed by atoms with Crippen molar-refractivity contribution in [3.63, 3.8) is 0 Å². The lowest BCUT2D eigenvalue weighted by Gasteiger charge is -2.17. The van der Waals surface area contributed by atoms with Crippen LogP contribution < -0.4 is 5.32 Å². The summed E-state index contributed by atoms with van der Waals surface area (Å²) in [5.74, 6) is 1.40. The molecule has 0 radical (unpaired) electrons. The minimum atomic E-state index is 0.153. The van der Waals surface area contributed by atoms with Crippen LogP contribution in [0.25, 0.3) is 0 Å². The molecule has 1 amide bonds. The molecule has 19 heavy (non-hydrogen) atoms. The Morgan fingerprint density at radius 1 is 1.32 bits per heavy atom. The number of hydrogen-bond donors (Lipinski definition) is 1. The standard InChI is InChI=1S/C14H24N2O3/c17-14(16-4-1-2-5-16)10-18-6-3-11-9-19-13-8-15-7-12(11)13/h11-13,15H,1-10H2/t11-,12-,13-/m1/s1. The minimum absolute atomic E-state index is 0.153. The molecule has 1 N–H and O–H groups in total. The van der Waals surface area contributed by atoms with E-state index in [9.17, 15) is 4.79 Å². The maximum atomic E-state index is 11.8. The van der Waals surface area contributed by atoms with E-state index < -0.39 is 0 Å². The summed E-state index contributed by atoms with van der Waals surface area (Å²) in [6.45, 7) is 5.68. The van der Waals surface area contributed by atoms with E-state index >= 15 is 0 Å². The molecule has 0 aromatic rings. The molecule has 0 bridgehead atoms. The maximum Gasteiger partial charge on any atom is 0.248 e. The first-order valence-corrected chi connectivity index (χ1v) is 7.52. The van der Waals surface area contributed by atoms with Gasteiger partial charge < -0.3 is 19.7 Å². The van der Waals surface area contributed by atoms with E-state index in [-0.39, 0.29) is 12.5 Å². The largest absolute Gasteiger partial charge is 0.376 e. The lowest BCUT2D eigenvalue weighted by atomic mass is 9.91. The van der Waals surface area contributed by atoms with Crippen LogP contribution in [0.3, 0.4) is 0 Å². The van der Waals surface area contributed by atoms with Crippen LogP contribution in [0.1, 0.15) is 19.3 Å². The smallest absolute Gasteiger partial charge is 0.248 e. The molecule has 5 heteroatoms. The zero-order valence-corrected chi connectivity index (χ0v) is 11.5. The number of rotatable bonds is 5. The summed E-state index contributed by atoms with van der Waals surface area (Å²) in [6, 6.07) is 0. The minimum Gasteiger partial charge on any atom is -0.376 e. The molecule has 3 saturated heterocycles. The third kappa shape index (κ3) is 3.09. The highest BCUT2D eigenvalue weighted by Crippen LogP contribution is 2.31. The van der Waals surface area contributed by atoms with Crippen LogP contribution in [0, 0.1) is 11.8 Å². The van der Waals surface area contributed by atoms with Gasteiger partial charge in [0.15, 0.2) is 0 Å². The van der Waals surface area contributed by atoms with Gasteiger partial charge >= 0.3 is 0 Å². The van der Waals surface area contributed by atoms with Gasteiger partial charge in [0.05, 0.1) is 12.7 Å². The number of hydrogen-bond acceptors (Lipinski definition) is 4. The quantitative estimate of drug-likeness (QED) is 0.726. The summed E-state index contributed by atoms with van der Waals surface area (Å²) in [5, 5.41) is 3.37. The third-order valence-corrected chi connectivity index (χ3v) is 4.65. The van der Waals surface area contributed by atoms with Gasteiger partial charge in [0.25, 0.3) is 0 Å². The first-order valence-electron chi connectivity index (χ1n) is 7.52. The first-order chi connectivity index (χ1) is 9.34. The van der Waals surface area contributed by atoms with Gasteiger partial charge in [-0.15, -0.1) is 0 Å². The molecule has 0 unspecified atom stereocenters. The molecule has 5 nitrogen and oxygen atoms in total. The molecule has 3 fully saturated rings. The van der Waals surface area contributed by atoms with Crippen molar-refractivity contribution in [3.8, 4) is 0 Å². The van der Waals surface area contributed by atoms with Crippen LogP contribution >= 0.6 is 0 Å². The van der Waals surface area contributed by atoms with Crippen LogP contribution in [0.15, 0.2) is 0 Å². The van der Waals surface area contributed by atoms with Crippen molar-refractivity contribution >= 4 is 5.91 Å². The number of nitrogens with one attached hydrogen (secondary N) is 1. The zero-order valence-electron chi connectivity index (χ0n) is 11.5. The van der Waals surface area contributed by atoms with Gasteiger partial charge in [-0.1, -0.05) is 0 Å². The van der Waals surface area contributed by atoms with Gasteiger partial charge in [-0.3, -0.25) is 4.79 Å². The molecule has 3 aliphatic rings. The van der Waals surface area contributed by atoms with Crippen molar-refractivity contribution < 1.29 is 14.3 Å². The molecular weight excluding hydrogens is 244 g/mol. The van der Waals surface area contributed by atoms with Gasteiger partial charge in [0.1, 0.15) is 6.61 Å². The normalized spacial score (nSPS) is 33.9. The number of carbonyl (C=O) groups is 1. The Bertz CT molecular complexity index is 318. The predicted octanol–water partition coefficient (Wildman–Crippen LogP) is 0.250. The van der Waals surface area contributed by atoms with E-state index in [0.717, 1.165) is 52.0 Å². The molecule has 108 valence electrons. The highest BCUT2D eigenvalue weighted by molar-refractivity contribution is 5.77. The van der Waals surface area contributed by atoms with Crippen molar-refractivity contribution in [2.24, 2.45) is 11.8 Å². The molecular formula is C14H24N2O3. The first kappa shape index (κ1) is 13.3. The summed E-state index contributed by atoms with van der Waals surface area (Å²) in [5.41, 5.74) is 0. The summed E-state index contributed by atoms with van der Waals surface area (Å²) in [7, 11) is 0. The van der Waals surface area contributed by atoms with Crippen LogP contribution in [0.4, 0.5) is 0 Å². The maximum absolute atomic E-state index is 11.8. The Morgan fingerprint density at radius 2 is 2.16 bits per heavy atom. The van der Waals surface area contributed by atoms with Crippen molar-refractivity contribution in [1.82, 2.24) is 10.2 Å². The van der Waals surface area contributed by atoms with Gasteiger partial charge in [-0.05, 0) is 25.2 Å². The van der Waals surface area contributed by atoms with E-state index in [1.165, 1.54) is 0 Å². The Morgan fingerprint density at radius 3 is 3.00 bits per heavy atom. The second kappa shape index (κ2) is 6.20. The fraction of sp³-hybridized carbons (Fsp3) is 0.929. The average Bonchev–Trinajstić information content (AvgIpc) is 3.12. The Hall–Kier alpha value is -0.650. The van der Waals surface area contributed by atoms with Crippen LogP contribution in [-0.4, -0.2) is 62.9 Å². The molecule has 0 saturated carbocycles. The number of nitrogens with zero attached hydrogens (tertiary/aromatic N) is 1. The van der Waals surface area contributed by atoms with Gasteiger partial charge in [0.2, 0.25) is 5.91 Å².